The van der Waals surface area contributed by atoms with E-state index in [0.717, 1.165) is 6.42 Å². The van der Waals surface area contributed by atoms with Crippen molar-refractivity contribution < 1.29 is 18.7 Å². The molecule has 23 heavy (non-hydrogen) atoms. The van der Waals surface area contributed by atoms with Crippen molar-refractivity contribution >= 4 is 23.4 Å². The van der Waals surface area contributed by atoms with Crippen molar-refractivity contribution in [1.82, 2.24) is 5.43 Å². The molecule has 1 fully saturated rings. The fourth-order valence-electron chi connectivity index (χ4n) is 2.96. The van der Waals surface area contributed by atoms with Crippen LogP contribution in [-0.2, 0) is 16.2 Å². The molecule has 2 amide bonds. The van der Waals surface area contributed by atoms with Crippen molar-refractivity contribution in [2.75, 3.05) is 18.1 Å². The normalized spacial score (nSPS) is 20.7. The molecule has 7 nitrogen and oxygen atoms in total. The number of cyclic esters (lactones) is 1. The molecule has 3 N–H and O–H groups in total. The van der Waals surface area contributed by atoms with Crippen LogP contribution in [0.3, 0.4) is 0 Å². The third kappa shape index (κ3) is 2.96. The van der Waals surface area contributed by atoms with E-state index in [1.165, 1.54) is 0 Å². The van der Waals surface area contributed by atoms with E-state index in [1.807, 2.05) is 4.90 Å². The number of nitrogens with zero attached hydrogens (tertiary/aromatic N) is 2. The maximum Gasteiger partial charge on any atom is 0.428 e. The Bertz CT molecular complexity index is 677. The minimum absolute atomic E-state index is 0.0323. The number of hydrogen-bond donors (Lipinski definition) is 2. The molecule has 1 atom stereocenters. The first-order valence-electron chi connectivity index (χ1n) is 7.34. The number of nitrogens with two attached hydrogens (primary N) is 1. The van der Waals surface area contributed by atoms with Crippen molar-refractivity contribution in [3.8, 4) is 0 Å². The molecule has 1 saturated heterocycles. The lowest BCUT2D eigenvalue weighted by molar-refractivity contribution is -0.119. The van der Waals surface area contributed by atoms with Gasteiger partial charge in [-0.2, -0.15) is 5.10 Å². The average Bonchev–Trinajstić information content (AvgIpc) is 3.04. The minimum atomic E-state index is -0.675. The van der Waals surface area contributed by atoms with Crippen molar-refractivity contribution in [2.45, 2.75) is 25.6 Å². The minimum Gasteiger partial charge on any atom is -0.442 e. The molecule has 3 rings (SSSR count). The van der Waals surface area contributed by atoms with E-state index in [4.69, 9.17) is 10.5 Å². The second-order valence-corrected chi connectivity index (χ2v) is 5.48. The number of carbonyl (C=O) groups excluding carboxylic acids is 2. The van der Waals surface area contributed by atoms with Crippen LogP contribution in [0.15, 0.2) is 23.3 Å². The summed E-state index contributed by atoms with van der Waals surface area (Å²) in [5.74, 6) is -0.399. The molecule has 122 valence electrons. The number of hydrogen-bond acceptors (Lipinski definition) is 5. The Hall–Kier alpha value is -2.64. The smallest absolute Gasteiger partial charge is 0.428 e. The zero-order valence-corrected chi connectivity index (χ0v) is 12.4. The Morgan fingerprint density at radius 1 is 1.52 bits per heavy atom. The molecular weight excluding hydrogens is 303 g/mol. The van der Waals surface area contributed by atoms with Gasteiger partial charge >= 0.3 is 6.09 Å². The predicted octanol–water partition coefficient (Wildman–Crippen LogP) is 1.05. The molecule has 2 aliphatic rings. The second kappa shape index (κ2) is 6.23. The van der Waals surface area contributed by atoms with E-state index < -0.39 is 24.7 Å². The zero-order chi connectivity index (χ0) is 16.4. The summed E-state index contributed by atoms with van der Waals surface area (Å²) in [7, 11) is 0. The molecule has 0 spiro atoms. The first-order chi connectivity index (χ1) is 11.1. The molecule has 0 radical (unpaired) electrons. The topological polar surface area (TPSA) is 97.0 Å². The SMILES string of the molecule is NC(=O)C1CCCN1c1ccc(C2=NNC(=O)OC2)cc1CF. The monoisotopic (exact) mass is 320 g/mol. The number of amides is 2. The molecule has 0 saturated carbocycles. The van der Waals surface area contributed by atoms with Gasteiger partial charge in [0.05, 0.1) is 0 Å². The van der Waals surface area contributed by atoms with Crippen LogP contribution >= 0.6 is 0 Å². The van der Waals surface area contributed by atoms with E-state index in [0.29, 0.717) is 35.5 Å². The number of benzene rings is 1. The first kappa shape index (κ1) is 15.3. The molecular formula is C15H17FN4O3. The van der Waals surface area contributed by atoms with Gasteiger partial charge in [-0.1, -0.05) is 6.07 Å². The standard InChI is InChI=1S/C15H17FN4O3/c16-7-10-6-9(11-8-23-15(22)19-18-11)3-4-12(10)20-5-1-2-13(20)14(17)21/h3-4,6,13H,1-2,5,7-8H2,(H2,17,21)(H,19,22). The number of carbonyl (C=O) groups is 2. The van der Waals surface area contributed by atoms with Gasteiger partial charge in [0.15, 0.2) is 0 Å². The van der Waals surface area contributed by atoms with Gasteiger partial charge in [0.1, 0.15) is 25.0 Å². The summed E-state index contributed by atoms with van der Waals surface area (Å²) in [5, 5.41) is 3.91. The van der Waals surface area contributed by atoms with Crippen LogP contribution in [0, 0.1) is 0 Å². The van der Waals surface area contributed by atoms with Gasteiger partial charge in [-0.05, 0) is 25.0 Å². The molecule has 2 aliphatic heterocycles. The number of primary amides is 1. The Morgan fingerprint density at radius 2 is 2.35 bits per heavy atom. The summed E-state index contributed by atoms with van der Waals surface area (Å²) >= 11 is 0. The third-order valence-corrected chi connectivity index (χ3v) is 4.07. The Labute approximate surface area is 132 Å². The number of hydrazone groups is 1. The summed E-state index contributed by atoms with van der Waals surface area (Å²) in [5.41, 5.74) is 9.94. The first-order valence-corrected chi connectivity index (χ1v) is 7.34. The highest BCUT2D eigenvalue weighted by atomic mass is 19.1. The summed E-state index contributed by atoms with van der Waals surface area (Å²) in [4.78, 5) is 24.3. The second-order valence-electron chi connectivity index (χ2n) is 5.48. The number of nitrogens with one attached hydrogen (secondary N) is 1. The van der Waals surface area contributed by atoms with Crippen molar-refractivity contribution in [1.29, 1.82) is 0 Å². The highest BCUT2D eigenvalue weighted by Crippen LogP contribution is 2.30. The van der Waals surface area contributed by atoms with Crippen LogP contribution in [-0.4, -0.2) is 36.9 Å². The maximum absolute atomic E-state index is 13.5. The molecule has 1 unspecified atom stereocenters. The zero-order valence-electron chi connectivity index (χ0n) is 12.4. The molecule has 1 aromatic rings. The fourth-order valence-corrected chi connectivity index (χ4v) is 2.96. The van der Waals surface area contributed by atoms with Gasteiger partial charge < -0.3 is 15.4 Å². The van der Waals surface area contributed by atoms with Crippen LogP contribution in [0.25, 0.3) is 0 Å². The van der Waals surface area contributed by atoms with Crippen molar-refractivity contribution in [2.24, 2.45) is 10.8 Å². The van der Waals surface area contributed by atoms with Crippen LogP contribution in [0.2, 0.25) is 0 Å². The van der Waals surface area contributed by atoms with Gasteiger partial charge in [0.2, 0.25) is 5.91 Å². The van der Waals surface area contributed by atoms with E-state index in [2.05, 4.69) is 10.5 Å². The number of halogens is 1. The van der Waals surface area contributed by atoms with Crippen LogP contribution in [0.4, 0.5) is 14.9 Å². The molecule has 8 heteroatoms. The Kier molecular flexibility index (Phi) is 4.14. The lowest BCUT2D eigenvalue weighted by atomic mass is 10.0. The number of ether oxygens (including phenoxy) is 1. The number of alkyl halides is 1. The summed E-state index contributed by atoms with van der Waals surface area (Å²) < 4.78 is 18.3. The van der Waals surface area contributed by atoms with Crippen LogP contribution in [0.5, 0.6) is 0 Å². The lowest BCUT2D eigenvalue weighted by Gasteiger charge is -2.27. The Morgan fingerprint density at radius 3 is 3.00 bits per heavy atom. The van der Waals surface area contributed by atoms with Gasteiger partial charge in [-0.3, -0.25) is 4.79 Å². The van der Waals surface area contributed by atoms with Gasteiger partial charge in [-0.25, -0.2) is 14.6 Å². The van der Waals surface area contributed by atoms with E-state index in [1.54, 1.807) is 18.2 Å². The molecule has 1 aromatic carbocycles. The fraction of sp³-hybridized carbons (Fsp3) is 0.400. The Balaban J connectivity index is 1.91. The molecule has 0 bridgehead atoms. The molecule has 2 heterocycles. The molecule has 0 aliphatic carbocycles. The van der Waals surface area contributed by atoms with E-state index in [9.17, 15) is 14.0 Å². The lowest BCUT2D eigenvalue weighted by Crippen LogP contribution is -2.40. The van der Waals surface area contributed by atoms with Gasteiger partial charge in [-0.15, -0.1) is 0 Å². The average molecular weight is 320 g/mol. The molecule has 0 aromatic heterocycles. The summed E-state index contributed by atoms with van der Waals surface area (Å²) in [6.45, 7) is 0.0241. The summed E-state index contributed by atoms with van der Waals surface area (Å²) in [6.07, 6.45) is 0.903. The predicted molar refractivity (Wildman–Crippen MR) is 81.8 cm³/mol. The highest BCUT2D eigenvalue weighted by Gasteiger charge is 2.30. The largest absolute Gasteiger partial charge is 0.442 e. The summed E-state index contributed by atoms with van der Waals surface area (Å²) in [6, 6.07) is 4.78. The van der Waals surface area contributed by atoms with Crippen LogP contribution < -0.4 is 16.1 Å². The van der Waals surface area contributed by atoms with Crippen molar-refractivity contribution in [3.05, 3.63) is 29.3 Å². The third-order valence-electron chi connectivity index (χ3n) is 4.07. The van der Waals surface area contributed by atoms with Gasteiger partial charge in [0, 0.05) is 23.4 Å². The quantitative estimate of drug-likeness (QED) is 0.866. The maximum atomic E-state index is 13.5. The number of rotatable bonds is 4. The van der Waals surface area contributed by atoms with Crippen LogP contribution in [0.1, 0.15) is 24.0 Å². The van der Waals surface area contributed by atoms with E-state index >= 15 is 0 Å². The van der Waals surface area contributed by atoms with E-state index in [-0.39, 0.29) is 6.61 Å². The van der Waals surface area contributed by atoms with Gasteiger partial charge in [0.25, 0.3) is 0 Å². The van der Waals surface area contributed by atoms with Crippen molar-refractivity contribution in [3.63, 3.8) is 0 Å². The number of anilines is 1. The highest BCUT2D eigenvalue weighted by molar-refractivity contribution is 6.04.